The quantitative estimate of drug-likeness (QED) is 0.627. The minimum Gasteiger partial charge on any atom is -0.207 e. The molecule has 0 bridgehead atoms. The van der Waals surface area contributed by atoms with Crippen molar-refractivity contribution in [3.8, 4) is 0 Å². The van der Waals surface area contributed by atoms with Crippen molar-refractivity contribution in [3.63, 3.8) is 0 Å². The Morgan fingerprint density at radius 3 is 2.26 bits per heavy atom. The Morgan fingerprint density at radius 2 is 1.63 bits per heavy atom. The van der Waals surface area contributed by atoms with Gasteiger partial charge in [0.05, 0.1) is 5.38 Å². The third kappa shape index (κ3) is 3.38. The summed E-state index contributed by atoms with van der Waals surface area (Å²) in [5.41, 5.74) is 0.497. The van der Waals surface area contributed by atoms with Gasteiger partial charge >= 0.3 is 0 Å². The lowest BCUT2D eigenvalue weighted by atomic mass is 10.0. The molecule has 0 aliphatic rings. The van der Waals surface area contributed by atoms with Gasteiger partial charge in [-0.1, -0.05) is 29.3 Å². The van der Waals surface area contributed by atoms with Crippen molar-refractivity contribution in [1.29, 1.82) is 0 Å². The lowest BCUT2D eigenvalue weighted by molar-refractivity contribution is 0.553. The number of hydrogen-bond acceptors (Lipinski definition) is 0. The van der Waals surface area contributed by atoms with Crippen molar-refractivity contribution >= 4 is 34.8 Å². The molecule has 100 valence electrons. The van der Waals surface area contributed by atoms with Gasteiger partial charge < -0.3 is 0 Å². The van der Waals surface area contributed by atoms with Crippen molar-refractivity contribution in [2.24, 2.45) is 0 Å². The summed E-state index contributed by atoms with van der Waals surface area (Å²) in [7, 11) is 0. The Kier molecular flexibility index (Phi) is 4.67. The molecule has 0 heterocycles. The fourth-order valence-corrected chi connectivity index (χ4v) is 2.59. The highest BCUT2D eigenvalue weighted by Gasteiger charge is 2.17. The van der Waals surface area contributed by atoms with E-state index in [1.54, 1.807) is 18.2 Å². The Labute approximate surface area is 124 Å². The summed E-state index contributed by atoms with van der Waals surface area (Å²) in [5, 5.41) is 0.234. The first-order chi connectivity index (χ1) is 8.99. The van der Waals surface area contributed by atoms with Crippen LogP contribution in [0.15, 0.2) is 36.4 Å². The molecule has 0 amide bonds. The van der Waals surface area contributed by atoms with E-state index in [1.165, 1.54) is 18.2 Å². The largest absolute Gasteiger partial charge is 0.207 e. The van der Waals surface area contributed by atoms with E-state index in [0.29, 0.717) is 15.6 Å². The van der Waals surface area contributed by atoms with Crippen molar-refractivity contribution in [2.75, 3.05) is 0 Å². The highest BCUT2D eigenvalue weighted by Crippen LogP contribution is 2.33. The smallest absolute Gasteiger partial charge is 0.129 e. The molecule has 0 saturated carbocycles. The molecule has 5 heteroatoms. The van der Waals surface area contributed by atoms with Gasteiger partial charge in [-0.05, 0) is 42.3 Å². The molecule has 0 saturated heterocycles. The third-order valence-electron chi connectivity index (χ3n) is 2.74. The van der Waals surface area contributed by atoms with E-state index in [1.807, 2.05) is 0 Å². The van der Waals surface area contributed by atoms with E-state index in [2.05, 4.69) is 0 Å². The summed E-state index contributed by atoms with van der Waals surface area (Å²) in [6.45, 7) is 0. The molecule has 1 atom stereocenters. The highest BCUT2D eigenvalue weighted by molar-refractivity contribution is 6.34. The van der Waals surface area contributed by atoms with E-state index >= 15 is 0 Å². The molecule has 19 heavy (non-hydrogen) atoms. The van der Waals surface area contributed by atoms with E-state index in [0.717, 1.165) is 0 Å². The van der Waals surface area contributed by atoms with E-state index in [4.69, 9.17) is 34.8 Å². The van der Waals surface area contributed by atoms with Gasteiger partial charge in [0.15, 0.2) is 0 Å². The van der Waals surface area contributed by atoms with Gasteiger partial charge in [-0.25, -0.2) is 8.78 Å². The second-order valence-electron chi connectivity index (χ2n) is 4.04. The van der Waals surface area contributed by atoms with Crippen LogP contribution >= 0.6 is 34.8 Å². The summed E-state index contributed by atoms with van der Waals surface area (Å²) < 4.78 is 27.1. The van der Waals surface area contributed by atoms with Crippen molar-refractivity contribution < 1.29 is 8.78 Å². The second-order valence-corrected chi connectivity index (χ2v) is 5.41. The minimum absolute atomic E-state index is 0.000123. The van der Waals surface area contributed by atoms with Crippen LogP contribution in [-0.2, 0) is 6.42 Å². The van der Waals surface area contributed by atoms with Crippen LogP contribution < -0.4 is 0 Å². The zero-order valence-electron chi connectivity index (χ0n) is 9.64. The number of alkyl halides is 1. The molecule has 1 unspecified atom stereocenters. The maximum Gasteiger partial charge on any atom is 0.129 e. The van der Waals surface area contributed by atoms with Crippen molar-refractivity contribution in [3.05, 3.63) is 69.2 Å². The maximum absolute atomic E-state index is 13.5. The van der Waals surface area contributed by atoms with Gasteiger partial charge in [-0.2, -0.15) is 0 Å². The van der Waals surface area contributed by atoms with Crippen LogP contribution in [0.5, 0.6) is 0 Å². The molecule has 0 aliphatic heterocycles. The Balaban J connectivity index is 2.31. The lowest BCUT2D eigenvalue weighted by Crippen LogP contribution is -2.02. The normalized spacial score (nSPS) is 12.5. The van der Waals surface area contributed by atoms with Gasteiger partial charge in [0.25, 0.3) is 0 Å². The molecule has 0 aromatic heterocycles. The molecular formula is C14H9Cl3F2. The van der Waals surface area contributed by atoms with E-state index in [9.17, 15) is 8.78 Å². The van der Waals surface area contributed by atoms with Crippen LogP contribution in [-0.4, -0.2) is 0 Å². The molecule has 0 fully saturated rings. The first kappa shape index (κ1) is 14.6. The Hall–Kier alpha value is -0.830. The Bertz CT molecular complexity index is 579. The zero-order valence-corrected chi connectivity index (χ0v) is 11.9. The first-order valence-electron chi connectivity index (χ1n) is 5.51. The van der Waals surface area contributed by atoms with Crippen LogP contribution in [0.4, 0.5) is 8.78 Å². The zero-order chi connectivity index (χ0) is 14.0. The fraction of sp³-hybridized carbons (Fsp3) is 0.143. The van der Waals surface area contributed by atoms with Gasteiger partial charge in [0.1, 0.15) is 11.6 Å². The predicted molar refractivity (Wildman–Crippen MR) is 75.1 cm³/mol. The fourth-order valence-electron chi connectivity index (χ4n) is 1.77. The number of halogens is 5. The first-order valence-corrected chi connectivity index (χ1v) is 6.70. The molecule has 0 aliphatic carbocycles. The summed E-state index contributed by atoms with van der Waals surface area (Å²) in [6.07, 6.45) is 0.000123. The van der Waals surface area contributed by atoms with Crippen LogP contribution in [0.1, 0.15) is 16.5 Å². The van der Waals surface area contributed by atoms with Gasteiger partial charge in [0, 0.05) is 15.6 Å². The number of benzene rings is 2. The third-order valence-corrected chi connectivity index (χ3v) is 3.71. The van der Waals surface area contributed by atoms with Gasteiger partial charge in [-0.3, -0.25) is 0 Å². The van der Waals surface area contributed by atoms with Crippen LogP contribution in [0.2, 0.25) is 10.0 Å². The molecule has 0 radical (unpaired) electrons. The molecule has 0 nitrogen and oxygen atoms in total. The van der Waals surface area contributed by atoms with Gasteiger partial charge in [0.2, 0.25) is 0 Å². The second kappa shape index (κ2) is 6.08. The summed E-state index contributed by atoms with van der Waals surface area (Å²) in [6, 6.07) is 8.53. The predicted octanol–water partition coefficient (Wildman–Crippen LogP) is 5.79. The Morgan fingerprint density at radius 1 is 1.00 bits per heavy atom. The molecule has 0 N–H and O–H groups in total. The van der Waals surface area contributed by atoms with E-state index in [-0.39, 0.29) is 12.0 Å². The number of rotatable bonds is 3. The monoisotopic (exact) mass is 320 g/mol. The SMILES string of the molecule is Fc1cccc(F)c1CC(Cl)c1cc(Cl)ccc1Cl. The van der Waals surface area contributed by atoms with Crippen LogP contribution in [0, 0.1) is 11.6 Å². The summed E-state index contributed by atoms with van der Waals surface area (Å²) in [5.74, 6) is -1.24. The maximum atomic E-state index is 13.5. The number of hydrogen-bond donors (Lipinski definition) is 0. The summed E-state index contributed by atoms with van der Waals surface area (Å²) >= 11 is 18.1. The molecular weight excluding hydrogens is 313 g/mol. The lowest BCUT2D eigenvalue weighted by Gasteiger charge is -2.13. The van der Waals surface area contributed by atoms with Crippen LogP contribution in [0.3, 0.4) is 0 Å². The molecule has 2 aromatic carbocycles. The summed E-state index contributed by atoms with van der Waals surface area (Å²) in [4.78, 5) is 0. The van der Waals surface area contributed by atoms with Crippen LogP contribution in [0.25, 0.3) is 0 Å². The topological polar surface area (TPSA) is 0 Å². The minimum atomic E-state index is -0.655. The average Bonchev–Trinajstić information content (AvgIpc) is 2.37. The van der Waals surface area contributed by atoms with Crippen molar-refractivity contribution in [1.82, 2.24) is 0 Å². The van der Waals surface area contributed by atoms with E-state index < -0.39 is 17.0 Å². The highest BCUT2D eigenvalue weighted by atomic mass is 35.5. The van der Waals surface area contributed by atoms with Gasteiger partial charge in [-0.15, -0.1) is 11.6 Å². The average molecular weight is 322 g/mol. The van der Waals surface area contributed by atoms with Crippen molar-refractivity contribution in [2.45, 2.75) is 11.8 Å². The molecule has 2 aromatic rings. The standard InChI is InChI=1S/C14H9Cl3F2/c15-8-4-5-11(16)9(6-8)12(17)7-10-13(18)2-1-3-14(10)19/h1-6,12H,7H2. The molecule has 0 spiro atoms. The molecule has 2 rings (SSSR count).